The van der Waals surface area contributed by atoms with Crippen molar-refractivity contribution in [2.75, 3.05) is 5.32 Å². The number of benzene rings is 3. The van der Waals surface area contributed by atoms with Crippen LogP contribution in [0.25, 0.3) is 0 Å². The predicted octanol–water partition coefficient (Wildman–Crippen LogP) is 7.60. The molecule has 0 aromatic heterocycles. The van der Waals surface area contributed by atoms with E-state index in [0.29, 0.717) is 28.3 Å². The number of ether oxygens (including phenoxy) is 1. The van der Waals surface area contributed by atoms with Gasteiger partial charge in [-0.15, -0.1) is 0 Å². The molecule has 0 saturated carbocycles. The summed E-state index contributed by atoms with van der Waals surface area (Å²) < 4.78 is 33.8. The van der Waals surface area contributed by atoms with Gasteiger partial charge in [0.15, 0.2) is 0 Å². The van der Waals surface area contributed by atoms with Crippen LogP contribution in [-0.4, -0.2) is 11.9 Å². The molecule has 3 aromatic rings. The Balaban J connectivity index is 1.81. The van der Waals surface area contributed by atoms with E-state index in [9.17, 15) is 18.4 Å². The Labute approximate surface area is 208 Å². The number of nitrogens with one attached hydrogen (secondary N) is 2. The summed E-state index contributed by atoms with van der Waals surface area (Å²) in [4.78, 5) is 24.5. The van der Waals surface area contributed by atoms with Gasteiger partial charge in [0, 0.05) is 5.69 Å². The smallest absolute Gasteiger partial charge is 0.326 e. The van der Waals surface area contributed by atoms with Crippen molar-refractivity contribution in [3.8, 4) is 11.5 Å². The van der Waals surface area contributed by atoms with Gasteiger partial charge in [-0.05, 0) is 72.7 Å². The van der Waals surface area contributed by atoms with Crippen molar-refractivity contribution in [1.29, 1.82) is 0 Å². The van der Waals surface area contributed by atoms with Crippen LogP contribution in [0.4, 0.5) is 19.3 Å². The monoisotopic (exact) mass is 500 g/mol. The van der Waals surface area contributed by atoms with E-state index < -0.39 is 29.1 Å². The van der Waals surface area contributed by atoms with E-state index in [1.54, 1.807) is 19.9 Å². The summed E-state index contributed by atoms with van der Waals surface area (Å²) in [5.74, 6) is -2.26. The minimum Gasteiger partial charge on any atom is -0.455 e. The molecular weight excluding hydrogens is 474 g/mol. The molecule has 8 heteroatoms. The van der Waals surface area contributed by atoms with Crippen LogP contribution >= 0.6 is 11.6 Å². The van der Waals surface area contributed by atoms with Crippen molar-refractivity contribution in [2.45, 2.75) is 47.0 Å². The number of amides is 3. The molecule has 3 rings (SSSR count). The molecule has 184 valence electrons. The van der Waals surface area contributed by atoms with Gasteiger partial charge in [-0.25, -0.2) is 13.6 Å². The lowest BCUT2D eigenvalue weighted by Crippen LogP contribution is -2.35. The summed E-state index contributed by atoms with van der Waals surface area (Å²) in [6.07, 6.45) is 0. The first-order valence-corrected chi connectivity index (χ1v) is 11.3. The van der Waals surface area contributed by atoms with Gasteiger partial charge >= 0.3 is 6.03 Å². The van der Waals surface area contributed by atoms with Crippen molar-refractivity contribution >= 4 is 29.2 Å². The summed E-state index contributed by atoms with van der Waals surface area (Å²) in [5, 5.41) is 4.71. The maximum Gasteiger partial charge on any atom is 0.326 e. The number of carbonyl (C=O) groups is 2. The van der Waals surface area contributed by atoms with E-state index in [1.165, 1.54) is 5.56 Å². The molecule has 0 aliphatic rings. The van der Waals surface area contributed by atoms with Crippen molar-refractivity contribution in [3.05, 3.63) is 86.9 Å². The Morgan fingerprint density at radius 3 is 2.14 bits per heavy atom. The highest BCUT2D eigenvalue weighted by Crippen LogP contribution is 2.40. The average Bonchev–Trinajstić information content (AvgIpc) is 2.75. The molecule has 0 unspecified atom stereocenters. The topological polar surface area (TPSA) is 67.4 Å². The number of hydrogen-bond acceptors (Lipinski definition) is 3. The molecule has 5 nitrogen and oxygen atoms in total. The summed E-state index contributed by atoms with van der Waals surface area (Å²) in [6.45, 7) is 11.8. The average molecular weight is 501 g/mol. The number of urea groups is 1. The highest BCUT2D eigenvalue weighted by atomic mass is 35.5. The Bertz CT molecular complexity index is 1300. The zero-order valence-corrected chi connectivity index (χ0v) is 21.2. The fourth-order valence-electron chi connectivity index (χ4n) is 3.48. The number of halogens is 3. The highest BCUT2D eigenvalue weighted by molar-refractivity contribution is 6.33. The zero-order valence-electron chi connectivity index (χ0n) is 20.4. The molecule has 0 aliphatic carbocycles. The lowest BCUT2D eigenvalue weighted by Gasteiger charge is -2.21. The Hall–Kier alpha value is -3.45. The number of imide groups is 1. The number of hydrogen-bond donors (Lipinski definition) is 2. The molecule has 0 aliphatic heterocycles. The molecule has 0 saturated heterocycles. The Morgan fingerprint density at radius 2 is 1.57 bits per heavy atom. The lowest BCUT2D eigenvalue weighted by atomic mass is 9.86. The molecule has 2 N–H and O–H groups in total. The van der Waals surface area contributed by atoms with Crippen LogP contribution in [0.15, 0.2) is 42.5 Å². The largest absolute Gasteiger partial charge is 0.455 e. The summed E-state index contributed by atoms with van der Waals surface area (Å²) in [7, 11) is 0. The molecular formula is C27H27ClF2N2O3. The van der Waals surface area contributed by atoms with E-state index in [4.69, 9.17) is 16.3 Å². The van der Waals surface area contributed by atoms with Crippen molar-refractivity contribution in [2.24, 2.45) is 0 Å². The first kappa shape index (κ1) is 26.2. The van der Waals surface area contributed by atoms with Crippen molar-refractivity contribution in [3.63, 3.8) is 0 Å². The molecule has 0 radical (unpaired) electrons. The van der Waals surface area contributed by atoms with Crippen LogP contribution in [0, 0.1) is 32.4 Å². The summed E-state index contributed by atoms with van der Waals surface area (Å²) in [5.41, 5.74) is 2.74. The van der Waals surface area contributed by atoms with Crippen LogP contribution in [-0.2, 0) is 5.41 Å². The third-order valence-electron chi connectivity index (χ3n) is 5.57. The standard InChI is InChI=1S/C27H27ClF2N2O3/c1-14-12-17(27(4,5)6)10-11-21(14)35-24-15(2)13-20(16(3)23(24)28)31-26(34)32-25(33)22-18(29)8-7-9-19(22)30/h7-13H,1-6H3,(H2,31,32,33,34). The second kappa shape index (κ2) is 10.0. The first-order chi connectivity index (χ1) is 16.3. The van der Waals surface area contributed by atoms with E-state index >= 15 is 0 Å². The minimum absolute atomic E-state index is 0.000757. The summed E-state index contributed by atoms with van der Waals surface area (Å²) in [6, 6.07) is 9.64. The van der Waals surface area contributed by atoms with Crippen LogP contribution < -0.4 is 15.4 Å². The minimum atomic E-state index is -1.20. The Morgan fingerprint density at radius 1 is 0.943 bits per heavy atom. The molecule has 0 atom stereocenters. The van der Waals surface area contributed by atoms with Crippen LogP contribution in [0.2, 0.25) is 5.02 Å². The molecule has 0 fully saturated rings. The fourth-order valence-corrected chi connectivity index (χ4v) is 3.77. The van der Waals surface area contributed by atoms with Gasteiger partial charge in [0.05, 0.1) is 5.02 Å². The van der Waals surface area contributed by atoms with Gasteiger partial charge in [0.2, 0.25) is 0 Å². The number of anilines is 1. The van der Waals surface area contributed by atoms with Gasteiger partial charge in [0.25, 0.3) is 5.91 Å². The number of aryl methyl sites for hydroxylation is 2. The van der Waals surface area contributed by atoms with Crippen LogP contribution in [0.5, 0.6) is 11.5 Å². The third kappa shape index (κ3) is 5.80. The first-order valence-electron chi connectivity index (χ1n) is 10.9. The number of rotatable bonds is 4. The SMILES string of the molecule is Cc1cc(C(C)(C)C)ccc1Oc1c(C)cc(NC(=O)NC(=O)c2c(F)cccc2F)c(C)c1Cl. The van der Waals surface area contributed by atoms with E-state index in [-0.39, 0.29) is 10.4 Å². The zero-order chi connectivity index (χ0) is 26.1. The fraction of sp³-hybridized carbons (Fsp3) is 0.259. The summed E-state index contributed by atoms with van der Waals surface area (Å²) >= 11 is 6.57. The second-order valence-electron chi connectivity index (χ2n) is 9.35. The molecule has 0 heterocycles. The third-order valence-corrected chi connectivity index (χ3v) is 6.02. The predicted molar refractivity (Wildman–Crippen MR) is 134 cm³/mol. The molecule has 0 spiro atoms. The molecule has 3 amide bonds. The maximum absolute atomic E-state index is 13.8. The molecule has 3 aromatic carbocycles. The van der Waals surface area contributed by atoms with Crippen LogP contribution in [0.3, 0.4) is 0 Å². The molecule has 35 heavy (non-hydrogen) atoms. The maximum atomic E-state index is 13.8. The van der Waals surface area contributed by atoms with Crippen LogP contribution in [0.1, 0.15) is 53.4 Å². The van der Waals surface area contributed by atoms with Gasteiger partial charge in [0.1, 0.15) is 28.7 Å². The highest BCUT2D eigenvalue weighted by Gasteiger charge is 2.21. The van der Waals surface area contributed by atoms with E-state index in [2.05, 4.69) is 32.2 Å². The van der Waals surface area contributed by atoms with Crippen molar-refractivity contribution in [1.82, 2.24) is 5.32 Å². The Kier molecular flexibility index (Phi) is 7.50. The van der Waals surface area contributed by atoms with Crippen molar-refractivity contribution < 1.29 is 23.1 Å². The quantitative estimate of drug-likeness (QED) is 0.387. The van der Waals surface area contributed by atoms with Gasteiger partial charge < -0.3 is 10.1 Å². The van der Waals surface area contributed by atoms with Gasteiger partial charge in [-0.3, -0.25) is 10.1 Å². The lowest BCUT2D eigenvalue weighted by molar-refractivity contribution is 0.0959. The molecule has 0 bridgehead atoms. The van der Waals surface area contributed by atoms with Gasteiger partial charge in [-0.2, -0.15) is 0 Å². The number of carbonyl (C=O) groups excluding carboxylic acids is 2. The van der Waals surface area contributed by atoms with Gasteiger partial charge in [-0.1, -0.05) is 50.6 Å². The normalized spacial score (nSPS) is 11.2. The van der Waals surface area contributed by atoms with E-state index in [0.717, 1.165) is 23.8 Å². The van der Waals surface area contributed by atoms with E-state index in [1.807, 2.05) is 24.4 Å². The second-order valence-corrected chi connectivity index (χ2v) is 9.72.